The van der Waals surface area contributed by atoms with Crippen LogP contribution < -0.4 is 16.2 Å². The van der Waals surface area contributed by atoms with Gasteiger partial charge in [-0.3, -0.25) is 5.84 Å². The van der Waals surface area contributed by atoms with Gasteiger partial charge in [0.25, 0.3) is 0 Å². The number of aromatic nitrogens is 2. The normalized spacial score (nSPS) is 20.5. The first-order valence-corrected chi connectivity index (χ1v) is 3.97. The molecule has 0 saturated carbocycles. The molecule has 0 radical (unpaired) electrons. The second-order valence-corrected chi connectivity index (χ2v) is 2.99. The number of hydrogen-bond donors (Lipinski definition) is 2. The average molecular weight is 180 g/mol. The van der Waals surface area contributed by atoms with Crippen LogP contribution in [0.2, 0.25) is 0 Å². The summed E-state index contributed by atoms with van der Waals surface area (Å²) < 4.78 is 1.92. The van der Waals surface area contributed by atoms with Gasteiger partial charge >= 0.3 is 0 Å². The summed E-state index contributed by atoms with van der Waals surface area (Å²) in [4.78, 5) is 10.3. The number of nitrogens with two attached hydrogens (primary N) is 1. The number of fused-ring (bicyclic) bond motifs is 1. The maximum Gasteiger partial charge on any atom is 0.189 e. The van der Waals surface area contributed by atoms with Crippen molar-refractivity contribution in [2.24, 2.45) is 17.9 Å². The Kier molecular flexibility index (Phi) is 1.78. The SMILES string of the molecule is CN1c2ncn(C)c2C=NC1NN. The summed E-state index contributed by atoms with van der Waals surface area (Å²) in [6.07, 6.45) is 3.31. The van der Waals surface area contributed by atoms with Crippen LogP contribution in [0.3, 0.4) is 0 Å². The molecule has 13 heavy (non-hydrogen) atoms. The predicted octanol–water partition coefficient (Wildman–Crippen LogP) is -0.964. The largest absolute Gasteiger partial charge is 0.331 e. The average Bonchev–Trinajstić information content (AvgIpc) is 2.50. The smallest absolute Gasteiger partial charge is 0.189 e. The second kappa shape index (κ2) is 2.82. The van der Waals surface area contributed by atoms with Crippen LogP contribution in [-0.4, -0.2) is 29.1 Å². The molecule has 0 bridgehead atoms. The fourth-order valence-electron chi connectivity index (χ4n) is 1.36. The number of nitrogens with one attached hydrogen (secondary N) is 1. The van der Waals surface area contributed by atoms with Gasteiger partial charge in [-0.05, 0) is 0 Å². The number of hydrogen-bond acceptors (Lipinski definition) is 5. The van der Waals surface area contributed by atoms with E-state index in [1.807, 2.05) is 23.6 Å². The lowest BCUT2D eigenvalue weighted by atomic mass is 10.4. The quantitative estimate of drug-likeness (QED) is 0.431. The number of rotatable bonds is 1. The number of aryl methyl sites for hydroxylation is 1. The second-order valence-electron chi connectivity index (χ2n) is 2.99. The molecule has 6 nitrogen and oxygen atoms in total. The van der Waals surface area contributed by atoms with E-state index >= 15 is 0 Å². The summed E-state index contributed by atoms with van der Waals surface area (Å²) in [6.45, 7) is 0. The Labute approximate surface area is 76.0 Å². The van der Waals surface area contributed by atoms with E-state index in [-0.39, 0.29) is 6.29 Å². The van der Waals surface area contributed by atoms with Crippen molar-refractivity contribution in [1.82, 2.24) is 15.0 Å². The van der Waals surface area contributed by atoms with Crippen molar-refractivity contribution in [3.63, 3.8) is 0 Å². The molecular weight excluding hydrogens is 168 g/mol. The van der Waals surface area contributed by atoms with E-state index in [9.17, 15) is 0 Å². The van der Waals surface area contributed by atoms with E-state index in [0.29, 0.717) is 0 Å². The minimum atomic E-state index is -0.220. The molecule has 1 aromatic heterocycles. The van der Waals surface area contributed by atoms with Gasteiger partial charge in [0.15, 0.2) is 12.1 Å². The van der Waals surface area contributed by atoms with Crippen molar-refractivity contribution in [3.05, 3.63) is 12.0 Å². The van der Waals surface area contributed by atoms with Crippen molar-refractivity contribution in [1.29, 1.82) is 0 Å². The number of anilines is 1. The van der Waals surface area contributed by atoms with E-state index < -0.39 is 0 Å². The standard InChI is InChI=1S/C7H12N6/c1-12-4-10-6-5(12)3-9-7(11-8)13(6)2/h3-4,7,11H,8H2,1-2H3. The lowest BCUT2D eigenvalue weighted by Crippen LogP contribution is -2.48. The van der Waals surface area contributed by atoms with Crippen molar-refractivity contribution in [2.45, 2.75) is 6.29 Å². The van der Waals surface area contributed by atoms with Gasteiger partial charge in [0.2, 0.25) is 0 Å². The molecule has 3 N–H and O–H groups in total. The lowest BCUT2D eigenvalue weighted by molar-refractivity contribution is 0.534. The highest BCUT2D eigenvalue weighted by molar-refractivity contribution is 5.86. The third-order valence-electron chi connectivity index (χ3n) is 2.15. The van der Waals surface area contributed by atoms with Gasteiger partial charge in [-0.1, -0.05) is 0 Å². The zero-order valence-electron chi connectivity index (χ0n) is 7.60. The third kappa shape index (κ3) is 1.11. The molecule has 0 fully saturated rings. The molecule has 0 amide bonds. The monoisotopic (exact) mass is 180 g/mol. The minimum absolute atomic E-state index is 0.220. The summed E-state index contributed by atoms with van der Waals surface area (Å²) >= 11 is 0. The van der Waals surface area contributed by atoms with Crippen LogP contribution in [0.4, 0.5) is 5.82 Å². The zero-order valence-corrected chi connectivity index (χ0v) is 7.60. The highest BCUT2D eigenvalue weighted by Crippen LogP contribution is 2.19. The Morgan fingerprint density at radius 1 is 1.54 bits per heavy atom. The molecule has 1 aromatic rings. The zero-order chi connectivity index (χ0) is 9.42. The maximum atomic E-state index is 5.32. The van der Waals surface area contributed by atoms with Gasteiger partial charge in [0, 0.05) is 14.1 Å². The molecule has 1 atom stereocenters. The Morgan fingerprint density at radius 2 is 2.31 bits per heavy atom. The van der Waals surface area contributed by atoms with Gasteiger partial charge < -0.3 is 9.47 Å². The van der Waals surface area contributed by atoms with E-state index in [2.05, 4.69) is 15.4 Å². The summed E-state index contributed by atoms with van der Waals surface area (Å²) in [7, 11) is 3.83. The number of nitrogens with zero attached hydrogens (tertiary/aromatic N) is 4. The van der Waals surface area contributed by atoms with Crippen LogP contribution >= 0.6 is 0 Å². The first-order chi connectivity index (χ1) is 6.24. The Bertz CT molecular complexity index is 341. The Hall–Kier alpha value is -1.40. The molecule has 2 heterocycles. The van der Waals surface area contributed by atoms with Gasteiger partial charge in [-0.15, -0.1) is 0 Å². The first-order valence-electron chi connectivity index (χ1n) is 3.97. The summed E-state index contributed by atoms with van der Waals surface area (Å²) in [6, 6.07) is 0. The van der Waals surface area contributed by atoms with E-state index in [4.69, 9.17) is 5.84 Å². The minimum Gasteiger partial charge on any atom is -0.331 e. The van der Waals surface area contributed by atoms with E-state index in [1.54, 1.807) is 12.5 Å². The fraction of sp³-hybridized carbons (Fsp3) is 0.429. The lowest BCUT2D eigenvalue weighted by Gasteiger charge is -2.27. The Balaban J connectivity index is 2.43. The van der Waals surface area contributed by atoms with Crippen LogP contribution in [0.1, 0.15) is 5.69 Å². The number of aliphatic imine (C=N–C) groups is 1. The molecule has 1 aliphatic heterocycles. The van der Waals surface area contributed by atoms with Crippen LogP contribution in [0.5, 0.6) is 0 Å². The maximum absolute atomic E-state index is 5.32. The van der Waals surface area contributed by atoms with Gasteiger partial charge in [0.1, 0.15) is 5.69 Å². The number of imidazole rings is 1. The number of hydrazine groups is 1. The van der Waals surface area contributed by atoms with Crippen LogP contribution in [0, 0.1) is 0 Å². The van der Waals surface area contributed by atoms with E-state index in [0.717, 1.165) is 11.5 Å². The molecule has 1 aliphatic rings. The van der Waals surface area contributed by atoms with Gasteiger partial charge in [-0.25, -0.2) is 15.4 Å². The molecule has 0 saturated heterocycles. The van der Waals surface area contributed by atoms with E-state index in [1.165, 1.54) is 0 Å². The highest BCUT2D eigenvalue weighted by Gasteiger charge is 2.21. The molecule has 70 valence electrons. The topological polar surface area (TPSA) is 71.5 Å². The van der Waals surface area contributed by atoms with Gasteiger partial charge in [-0.2, -0.15) is 0 Å². The molecule has 0 spiro atoms. The van der Waals surface area contributed by atoms with Crippen LogP contribution in [-0.2, 0) is 7.05 Å². The molecule has 2 rings (SSSR count). The van der Waals surface area contributed by atoms with Crippen molar-refractivity contribution < 1.29 is 0 Å². The molecule has 6 heteroatoms. The summed E-state index contributed by atoms with van der Waals surface area (Å²) in [5.41, 5.74) is 3.58. The van der Waals surface area contributed by atoms with Crippen LogP contribution in [0.25, 0.3) is 0 Å². The summed E-state index contributed by atoms with van der Waals surface area (Å²) in [5.74, 6) is 6.21. The summed E-state index contributed by atoms with van der Waals surface area (Å²) in [5, 5.41) is 0. The predicted molar refractivity (Wildman–Crippen MR) is 50.3 cm³/mol. The molecule has 0 aliphatic carbocycles. The van der Waals surface area contributed by atoms with Crippen molar-refractivity contribution in [3.8, 4) is 0 Å². The van der Waals surface area contributed by atoms with Crippen molar-refractivity contribution in [2.75, 3.05) is 11.9 Å². The molecular formula is C7H12N6. The highest BCUT2D eigenvalue weighted by atomic mass is 15.5. The van der Waals surface area contributed by atoms with Gasteiger partial charge in [0.05, 0.1) is 12.5 Å². The third-order valence-corrected chi connectivity index (χ3v) is 2.15. The van der Waals surface area contributed by atoms with Crippen molar-refractivity contribution >= 4 is 12.0 Å². The molecule has 1 unspecified atom stereocenters. The first kappa shape index (κ1) is 8.21. The fourth-order valence-corrected chi connectivity index (χ4v) is 1.36. The molecule has 0 aromatic carbocycles. The Morgan fingerprint density at radius 3 is 3.00 bits per heavy atom. The van der Waals surface area contributed by atoms with Crippen LogP contribution in [0.15, 0.2) is 11.3 Å².